The summed E-state index contributed by atoms with van der Waals surface area (Å²) in [5.41, 5.74) is 5.94. The van der Waals surface area contributed by atoms with Gasteiger partial charge >= 0.3 is 5.13 Å². The topological polar surface area (TPSA) is 35.4 Å². The number of benzene rings is 2. The van der Waals surface area contributed by atoms with Crippen molar-refractivity contribution in [1.29, 1.82) is 0 Å². The molecule has 0 atom stereocenters. The summed E-state index contributed by atoms with van der Waals surface area (Å²) in [5.74, 6) is 0.868. The highest BCUT2D eigenvalue weighted by Crippen LogP contribution is 2.26. The minimum Gasteiger partial charge on any atom is -0.497 e. The van der Waals surface area contributed by atoms with E-state index in [1.807, 2.05) is 12.1 Å². The number of aromatic nitrogens is 1. The molecule has 3 aromatic rings. The van der Waals surface area contributed by atoms with Crippen LogP contribution in [-0.2, 0) is 0 Å². The monoisotopic (exact) mass is 311 g/mol. The summed E-state index contributed by atoms with van der Waals surface area (Å²) < 4.78 is 5.19. The van der Waals surface area contributed by atoms with Crippen LogP contribution in [0.25, 0.3) is 11.3 Å². The lowest BCUT2D eigenvalue weighted by Crippen LogP contribution is -2.08. The van der Waals surface area contributed by atoms with Gasteiger partial charge in [-0.3, -0.25) is 0 Å². The smallest absolute Gasteiger partial charge is 0.337 e. The Hall–Kier alpha value is -2.33. The fraction of sp³-hybridized carbons (Fsp3) is 0.167. The van der Waals surface area contributed by atoms with Gasteiger partial charge in [0.1, 0.15) is 17.1 Å². The number of aromatic amines is 1. The average Bonchev–Trinajstić information content (AvgIpc) is 3.00. The summed E-state index contributed by atoms with van der Waals surface area (Å²) in [6.07, 6.45) is 0. The number of hydrogen-bond donors (Lipinski definition) is 1. The number of thiazole rings is 1. The van der Waals surface area contributed by atoms with E-state index >= 15 is 0 Å². The quantitative estimate of drug-likeness (QED) is 0.764. The van der Waals surface area contributed by atoms with Crippen LogP contribution in [0.2, 0.25) is 0 Å². The van der Waals surface area contributed by atoms with Crippen LogP contribution >= 0.6 is 11.3 Å². The first-order chi connectivity index (χ1) is 10.7. The zero-order chi connectivity index (χ0) is 15.5. The normalized spacial score (nSPS) is 10.5. The number of methoxy groups -OCH3 is 1. The number of H-pyrrole nitrogens is 1. The molecule has 0 saturated heterocycles. The molecule has 0 amide bonds. The molecule has 1 aromatic heterocycles. The maximum atomic E-state index is 5.19. The van der Waals surface area contributed by atoms with E-state index in [0.29, 0.717) is 0 Å². The standard InChI is InChI=1S/C18H18N2OS/c1-12-5-4-6-16(13(12)2)19-18-20-17(11-22-18)14-7-9-15(21-3)10-8-14/h4-11H,1-3H3,(H,19,20)/p+1. The molecule has 0 aliphatic carbocycles. The van der Waals surface area contributed by atoms with Gasteiger partial charge in [-0.15, -0.1) is 0 Å². The van der Waals surface area contributed by atoms with E-state index in [0.717, 1.165) is 27.8 Å². The second-order valence-corrected chi connectivity index (χ2v) is 6.08. The van der Waals surface area contributed by atoms with Crippen LogP contribution in [0.1, 0.15) is 11.1 Å². The first kappa shape index (κ1) is 14.6. The molecule has 4 heteroatoms. The Morgan fingerprint density at radius 3 is 2.55 bits per heavy atom. The van der Waals surface area contributed by atoms with Gasteiger partial charge in [-0.2, -0.15) is 0 Å². The van der Waals surface area contributed by atoms with E-state index in [2.05, 4.69) is 59.9 Å². The highest BCUT2D eigenvalue weighted by atomic mass is 32.1. The maximum Gasteiger partial charge on any atom is 0.337 e. The number of rotatable bonds is 4. The van der Waals surface area contributed by atoms with Crippen molar-refractivity contribution in [2.24, 2.45) is 0 Å². The summed E-state index contributed by atoms with van der Waals surface area (Å²) >= 11 is 1.67. The van der Waals surface area contributed by atoms with Gasteiger partial charge < -0.3 is 4.74 Å². The lowest BCUT2D eigenvalue weighted by Gasteiger charge is -2.03. The molecule has 0 bridgehead atoms. The van der Waals surface area contributed by atoms with Crippen LogP contribution in [0, 0.1) is 13.8 Å². The Balaban J connectivity index is 1.82. The molecule has 0 saturated carbocycles. The first-order valence-corrected chi connectivity index (χ1v) is 8.04. The molecule has 0 aliphatic heterocycles. The maximum absolute atomic E-state index is 5.19. The summed E-state index contributed by atoms with van der Waals surface area (Å²) in [6, 6.07) is 14.3. The molecular formula is C18H19N2OS+. The van der Waals surface area contributed by atoms with Crippen molar-refractivity contribution in [1.82, 2.24) is 0 Å². The van der Waals surface area contributed by atoms with Gasteiger partial charge in [-0.05, 0) is 55.3 Å². The minimum atomic E-state index is 0.868. The van der Waals surface area contributed by atoms with Crippen molar-refractivity contribution >= 4 is 22.2 Å². The van der Waals surface area contributed by atoms with Gasteiger partial charge in [-0.1, -0.05) is 23.5 Å². The van der Waals surface area contributed by atoms with E-state index in [1.165, 1.54) is 11.1 Å². The Labute approximate surface area is 134 Å². The van der Waals surface area contributed by atoms with Gasteiger partial charge in [0.25, 0.3) is 0 Å². The van der Waals surface area contributed by atoms with Crippen LogP contribution < -0.4 is 15.0 Å². The lowest BCUT2D eigenvalue weighted by atomic mass is 10.1. The highest BCUT2D eigenvalue weighted by molar-refractivity contribution is 7.13. The molecular weight excluding hydrogens is 292 g/mol. The molecule has 3 rings (SSSR count). The van der Waals surface area contributed by atoms with E-state index in [9.17, 15) is 0 Å². The Morgan fingerprint density at radius 1 is 1.05 bits per heavy atom. The summed E-state index contributed by atoms with van der Waals surface area (Å²) in [6.45, 7) is 4.26. The average molecular weight is 311 g/mol. The molecule has 0 unspecified atom stereocenters. The Morgan fingerprint density at radius 2 is 1.82 bits per heavy atom. The van der Waals surface area contributed by atoms with Crippen molar-refractivity contribution in [3.63, 3.8) is 0 Å². The van der Waals surface area contributed by atoms with Crippen LogP contribution in [0.4, 0.5) is 10.8 Å². The van der Waals surface area contributed by atoms with Gasteiger partial charge in [-0.25, -0.2) is 10.3 Å². The molecule has 2 N–H and O–H groups in total. The third-order valence-corrected chi connectivity index (χ3v) is 4.59. The highest BCUT2D eigenvalue weighted by Gasteiger charge is 2.12. The fourth-order valence-corrected chi connectivity index (χ4v) is 3.05. The molecule has 0 fully saturated rings. The van der Waals surface area contributed by atoms with E-state index in [-0.39, 0.29) is 0 Å². The second kappa shape index (κ2) is 6.20. The number of hydrogen-bond acceptors (Lipinski definition) is 3. The number of ether oxygens (including phenoxy) is 1. The molecule has 22 heavy (non-hydrogen) atoms. The van der Waals surface area contributed by atoms with Crippen LogP contribution in [0.5, 0.6) is 5.75 Å². The predicted octanol–water partition coefficient (Wildman–Crippen LogP) is 4.60. The van der Waals surface area contributed by atoms with Crippen LogP contribution in [0.15, 0.2) is 47.8 Å². The van der Waals surface area contributed by atoms with Gasteiger partial charge in [0.15, 0.2) is 0 Å². The largest absolute Gasteiger partial charge is 0.497 e. The summed E-state index contributed by atoms with van der Waals surface area (Å²) in [7, 11) is 1.68. The first-order valence-electron chi connectivity index (χ1n) is 7.16. The fourth-order valence-electron chi connectivity index (χ4n) is 2.28. The second-order valence-electron chi connectivity index (χ2n) is 5.20. The van der Waals surface area contributed by atoms with E-state index < -0.39 is 0 Å². The summed E-state index contributed by atoms with van der Waals surface area (Å²) in [4.78, 5) is 3.43. The zero-order valence-electron chi connectivity index (χ0n) is 12.9. The van der Waals surface area contributed by atoms with Crippen molar-refractivity contribution in [3.05, 3.63) is 59.0 Å². The molecule has 0 spiro atoms. The molecule has 112 valence electrons. The molecule has 2 aromatic carbocycles. The molecule has 1 heterocycles. The zero-order valence-corrected chi connectivity index (χ0v) is 13.8. The van der Waals surface area contributed by atoms with Crippen molar-refractivity contribution in [2.75, 3.05) is 12.4 Å². The van der Waals surface area contributed by atoms with Gasteiger partial charge in [0.05, 0.1) is 7.11 Å². The van der Waals surface area contributed by atoms with Crippen molar-refractivity contribution in [3.8, 4) is 17.0 Å². The molecule has 0 aliphatic rings. The van der Waals surface area contributed by atoms with Crippen LogP contribution in [-0.4, -0.2) is 7.11 Å². The number of anilines is 2. The molecule has 0 radical (unpaired) electrons. The summed E-state index contributed by atoms with van der Waals surface area (Å²) in [5, 5.41) is 6.61. The van der Waals surface area contributed by atoms with Crippen molar-refractivity contribution in [2.45, 2.75) is 13.8 Å². The van der Waals surface area contributed by atoms with Gasteiger partial charge in [0.2, 0.25) is 0 Å². The van der Waals surface area contributed by atoms with Crippen molar-refractivity contribution < 1.29 is 9.72 Å². The predicted molar refractivity (Wildman–Crippen MR) is 92.1 cm³/mol. The lowest BCUT2D eigenvalue weighted by molar-refractivity contribution is -0.340. The van der Waals surface area contributed by atoms with Gasteiger partial charge in [0, 0.05) is 10.9 Å². The third kappa shape index (κ3) is 2.97. The minimum absolute atomic E-state index is 0.868. The van der Waals surface area contributed by atoms with E-state index in [4.69, 9.17) is 4.74 Å². The Bertz CT molecular complexity index is 778. The third-order valence-electron chi connectivity index (χ3n) is 3.80. The van der Waals surface area contributed by atoms with Crippen LogP contribution in [0.3, 0.4) is 0 Å². The SMILES string of the molecule is COc1ccc(-c2csc(Nc3cccc(C)c3C)[nH+]2)cc1. The van der Waals surface area contributed by atoms with E-state index in [1.54, 1.807) is 18.4 Å². The molecule has 3 nitrogen and oxygen atoms in total. The number of nitrogens with one attached hydrogen (secondary N) is 2. The Kier molecular flexibility index (Phi) is 4.11. The number of aryl methyl sites for hydroxylation is 1.